The van der Waals surface area contributed by atoms with E-state index in [-0.39, 0.29) is 18.0 Å². The Morgan fingerprint density at radius 2 is 1.80 bits per heavy atom. The van der Waals surface area contributed by atoms with Gasteiger partial charge in [-0.15, -0.1) is 0 Å². The van der Waals surface area contributed by atoms with Crippen molar-refractivity contribution in [3.05, 3.63) is 24.3 Å². The van der Waals surface area contributed by atoms with E-state index < -0.39 is 0 Å². The molecule has 3 fully saturated rings. The highest BCUT2D eigenvalue weighted by Gasteiger charge is 2.46. The van der Waals surface area contributed by atoms with Crippen molar-refractivity contribution in [2.24, 2.45) is 0 Å². The lowest BCUT2D eigenvalue weighted by atomic mass is 10.2. The number of carbonyl (C=O) groups excluding carboxylic acids is 2. The number of hydrogen-bond donors (Lipinski definition) is 0. The third kappa shape index (κ3) is 4.41. The van der Waals surface area contributed by atoms with Crippen LogP contribution in [0.25, 0.3) is 0 Å². The minimum absolute atomic E-state index is 0.0157. The summed E-state index contributed by atoms with van der Waals surface area (Å²) in [6, 6.07) is 8.06. The van der Waals surface area contributed by atoms with Crippen molar-refractivity contribution in [2.75, 3.05) is 57.3 Å². The number of imide groups is 1. The molecule has 3 heterocycles. The van der Waals surface area contributed by atoms with Gasteiger partial charge in [0.2, 0.25) is 0 Å². The third-order valence-corrected chi connectivity index (χ3v) is 6.47. The lowest BCUT2D eigenvalue weighted by Crippen LogP contribution is -2.47. The molecule has 0 N–H and O–H groups in total. The van der Waals surface area contributed by atoms with Crippen molar-refractivity contribution >= 4 is 17.6 Å². The fraction of sp³-hybridized carbons (Fsp3) is 0.652. The first-order valence-corrected chi connectivity index (χ1v) is 11.5. The van der Waals surface area contributed by atoms with Crippen LogP contribution in [0, 0.1) is 0 Å². The molecule has 1 aromatic rings. The molecular formula is C23H34N4O3. The average Bonchev–Trinajstić information content (AvgIpc) is 3.34. The Balaban J connectivity index is 1.22. The van der Waals surface area contributed by atoms with Crippen molar-refractivity contribution in [3.63, 3.8) is 0 Å². The molecule has 0 aromatic heterocycles. The number of rotatable bonds is 9. The van der Waals surface area contributed by atoms with E-state index >= 15 is 0 Å². The molecule has 0 unspecified atom stereocenters. The Morgan fingerprint density at radius 1 is 1.00 bits per heavy atom. The van der Waals surface area contributed by atoms with Crippen LogP contribution in [-0.4, -0.2) is 85.1 Å². The monoisotopic (exact) mass is 414 g/mol. The number of piperazine rings is 1. The number of unbranched alkanes of at least 4 members (excludes halogenated alkanes) is 1. The number of hydrogen-bond acceptors (Lipinski definition) is 5. The highest BCUT2D eigenvalue weighted by atomic mass is 16.5. The summed E-state index contributed by atoms with van der Waals surface area (Å²) in [4.78, 5) is 32.9. The van der Waals surface area contributed by atoms with Crippen LogP contribution in [-0.2, 0) is 4.79 Å². The maximum Gasteiger partial charge on any atom is 0.327 e. The van der Waals surface area contributed by atoms with Crippen LogP contribution in [0.4, 0.5) is 10.5 Å². The molecular weight excluding hydrogens is 380 g/mol. The fourth-order valence-corrected chi connectivity index (χ4v) is 4.72. The second-order valence-corrected chi connectivity index (χ2v) is 8.48. The Kier molecular flexibility index (Phi) is 6.77. The Morgan fingerprint density at radius 3 is 2.57 bits per heavy atom. The van der Waals surface area contributed by atoms with Crippen molar-refractivity contribution in [2.45, 2.75) is 45.1 Å². The molecule has 30 heavy (non-hydrogen) atoms. The highest BCUT2D eigenvalue weighted by Crippen LogP contribution is 2.29. The van der Waals surface area contributed by atoms with Gasteiger partial charge in [-0.2, -0.15) is 0 Å². The van der Waals surface area contributed by atoms with Crippen molar-refractivity contribution in [1.29, 1.82) is 0 Å². The van der Waals surface area contributed by atoms with Crippen LogP contribution < -0.4 is 9.64 Å². The minimum Gasteiger partial charge on any atom is -0.491 e. The number of para-hydroxylation sites is 2. The van der Waals surface area contributed by atoms with E-state index in [9.17, 15) is 9.59 Å². The fourth-order valence-electron chi connectivity index (χ4n) is 4.72. The molecule has 3 aliphatic heterocycles. The minimum atomic E-state index is -0.180. The molecule has 4 rings (SSSR count). The van der Waals surface area contributed by atoms with Gasteiger partial charge in [-0.05, 0) is 44.4 Å². The van der Waals surface area contributed by atoms with Crippen LogP contribution in [0.2, 0.25) is 0 Å². The van der Waals surface area contributed by atoms with Crippen molar-refractivity contribution < 1.29 is 14.3 Å². The first-order chi connectivity index (χ1) is 14.7. The summed E-state index contributed by atoms with van der Waals surface area (Å²) in [5.74, 6) is 0.994. The van der Waals surface area contributed by atoms with E-state index in [4.69, 9.17) is 4.74 Å². The quantitative estimate of drug-likeness (QED) is 0.459. The molecule has 1 aromatic carbocycles. The zero-order valence-electron chi connectivity index (χ0n) is 18.1. The van der Waals surface area contributed by atoms with E-state index in [0.717, 1.165) is 83.7 Å². The van der Waals surface area contributed by atoms with Gasteiger partial charge in [0.25, 0.3) is 5.91 Å². The van der Waals surface area contributed by atoms with Gasteiger partial charge >= 0.3 is 6.03 Å². The van der Waals surface area contributed by atoms with E-state index in [2.05, 4.69) is 34.9 Å². The normalized spacial score (nSPS) is 22.2. The summed E-state index contributed by atoms with van der Waals surface area (Å²) in [7, 11) is 0. The molecule has 3 amide bonds. The van der Waals surface area contributed by atoms with Gasteiger partial charge in [-0.3, -0.25) is 14.6 Å². The van der Waals surface area contributed by atoms with Gasteiger partial charge < -0.3 is 14.5 Å². The molecule has 0 spiro atoms. The van der Waals surface area contributed by atoms with Gasteiger partial charge in [0.05, 0.1) is 12.3 Å². The Bertz CT molecular complexity index is 726. The first kappa shape index (κ1) is 21.0. The van der Waals surface area contributed by atoms with Gasteiger partial charge in [0.15, 0.2) is 0 Å². The predicted molar refractivity (Wildman–Crippen MR) is 117 cm³/mol. The average molecular weight is 415 g/mol. The molecule has 3 saturated heterocycles. The van der Waals surface area contributed by atoms with Crippen LogP contribution in [0.5, 0.6) is 5.75 Å². The standard InChI is InChI=1S/C23H34N4O3/c1-2-3-18-30-21-10-5-4-8-19(21)25-16-14-24(15-17-25)11-7-13-27-22(28)20-9-6-12-26(20)23(27)29/h4-5,8,10,20H,2-3,6-7,9,11-18H2,1H3/t20-/m1/s1. The summed E-state index contributed by atoms with van der Waals surface area (Å²) < 4.78 is 6.00. The lowest BCUT2D eigenvalue weighted by Gasteiger charge is -2.36. The maximum absolute atomic E-state index is 12.4. The van der Waals surface area contributed by atoms with Crippen molar-refractivity contribution in [1.82, 2.24) is 14.7 Å². The van der Waals surface area contributed by atoms with Crippen LogP contribution >= 0.6 is 0 Å². The number of nitrogens with zero attached hydrogens (tertiary/aromatic N) is 4. The molecule has 0 radical (unpaired) electrons. The maximum atomic E-state index is 12.4. The zero-order valence-corrected chi connectivity index (χ0v) is 18.1. The predicted octanol–water partition coefficient (Wildman–Crippen LogP) is 2.80. The van der Waals surface area contributed by atoms with Gasteiger partial charge in [0, 0.05) is 39.3 Å². The van der Waals surface area contributed by atoms with Gasteiger partial charge in [-0.25, -0.2) is 4.79 Å². The zero-order chi connectivity index (χ0) is 20.9. The molecule has 0 aliphatic carbocycles. The molecule has 7 heteroatoms. The number of carbonyl (C=O) groups is 2. The summed E-state index contributed by atoms with van der Waals surface area (Å²) in [6.45, 7) is 9.03. The SMILES string of the molecule is CCCCOc1ccccc1N1CCN(CCCN2C(=O)[C@H]3CCCN3C2=O)CC1. The van der Waals surface area contributed by atoms with Crippen molar-refractivity contribution in [3.8, 4) is 5.75 Å². The molecule has 1 atom stereocenters. The number of ether oxygens (including phenoxy) is 1. The smallest absolute Gasteiger partial charge is 0.327 e. The van der Waals surface area contributed by atoms with Crippen LogP contribution in [0.15, 0.2) is 24.3 Å². The topological polar surface area (TPSA) is 56.3 Å². The third-order valence-electron chi connectivity index (χ3n) is 6.47. The molecule has 0 bridgehead atoms. The van der Waals surface area contributed by atoms with Gasteiger partial charge in [-0.1, -0.05) is 25.5 Å². The van der Waals surface area contributed by atoms with E-state index in [1.54, 1.807) is 4.90 Å². The molecule has 3 aliphatic rings. The van der Waals surface area contributed by atoms with E-state index in [1.807, 2.05) is 6.07 Å². The number of benzene rings is 1. The van der Waals surface area contributed by atoms with Gasteiger partial charge in [0.1, 0.15) is 11.8 Å². The summed E-state index contributed by atoms with van der Waals surface area (Å²) in [5.41, 5.74) is 1.18. The molecule has 164 valence electrons. The first-order valence-electron chi connectivity index (χ1n) is 11.5. The molecule has 7 nitrogen and oxygen atoms in total. The van der Waals surface area contributed by atoms with E-state index in [0.29, 0.717) is 6.54 Å². The molecule has 0 saturated carbocycles. The second kappa shape index (κ2) is 9.69. The number of fused-ring (bicyclic) bond motifs is 1. The van der Waals surface area contributed by atoms with Crippen LogP contribution in [0.3, 0.4) is 0 Å². The number of amides is 3. The van der Waals surface area contributed by atoms with E-state index in [1.165, 1.54) is 10.6 Å². The summed E-state index contributed by atoms with van der Waals surface area (Å²) in [5, 5.41) is 0. The number of urea groups is 1. The Labute approximate surface area is 179 Å². The second-order valence-electron chi connectivity index (χ2n) is 8.48. The Hall–Kier alpha value is -2.28. The summed E-state index contributed by atoms with van der Waals surface area (Å²) in [6.07, 6.45) is 4.82. The van der Waals surface area contributed by atoms with Crippen LogP contribution in [0.1, 0.15) is 39.0 Å². The largest absolute Gasteiger partial charge is 0.491 e. The number of anilines is 1. The summed E-state index contributed by atoms with van der Waals surface area (Å²) >= 11 is 0. The lowest BCUT2D eigenvalue weighted by molar-refractivity contribution is -0.128. The highest BCUT2D eigenvalue weighted by molar-refractivity contribution is 6.04.